The lowest BCUT2D eigenvalue weighted by Gasteiger charge is -2.20. The van der Waals surface area contributed by atoms with E-state index in [0.29, 0.717) is 28.0 Å². The maximum absolute atomic E-state index is 12.9. The van der Waals surface area contributed by atoms with Crippen LogP contribution in [0, 0.1) is 5.92 Å². The van der Waals surface area contributed by atoms with Gasteiger partial charge >= 0.3 is 0 Å². The number of nitrogens with zero attached hydrogens (tertiary/aromatic N) is 1. The number of amides is 1. The van der Waals surface area contributed by atoms with Gasteiger partial charge in [-0.3, -0.25) is 14.7 Å². The molecule has 7 nitrogen and oxygen atoms in total. The minimum atomic E-state index is -0.352. The predicted molar refractivity (Wildman–Crippen MR) is 121 cm³/mol. The number of H-pyrrole nitrogens is 1. The van der Waals surface area contributed by atoms with Crippen LogP contribution in [-0.2, 0) is 0 Å². The molecular weight excluding hydrogens is 394 g/mol. The number of nitrogens with one attached hydrogen (secondary N) is 2. The third-order valence-electron chi connectivity index (χ3n) is 5.23. The van der Waals surface area contributed by atoms with E-state index < -0.39 is 0 Å². The fourth-order valence-electron chi connectivity index (χ4n) is 3.29. The van der Waals surface area contributed by atoms with E-state index in [1.807, 2.05) is 38.1 Å². The zero-order chi connectivity index (χ0) is 22.5. The average molecular weight is 421 g/mol. The second-order valence-corrected chi connectivity index (χ2v) is 7.70. The zero-order valence-electron chi connectivity index (χ0n) is 18.1. The van der Waals surface area contributed by atoms with Gasteiger partial charge in [-0.15, -0.1) is 0 Å². The molecule has 1 amide bonds. The van der Waals surface area contributed by atoms with Gasteiger partial charge in [0.05, 0.1) is 41.9 Å². The molecule has 2 aromatic carbocycles. The largest absolute Gasteiger partial charge is 0.495 e. The number of fused-ring (bicyclic) bond motifs is 1. The summed E-state index contributed by atoms with van der Waals surface area (Å²) in [5.41, 5.74) is 3.30. The molecule has 3 N–H and O–H groups in total. The van der Waals surface area contributed by atoms with Gasteiger partial charge in [-0.25, -0.2) is 0 Å². The fraction of sp³-hybridized carbons (Fsp3) is 0.292. The number of carbonyl (C=O) groups is 2. The molecule has 0 spiro atoms. The summed E-state index contributed by atoms with van der Waals surface area (Å²) in [5.74, 6) is 0.203. The Morgan fingerprint density at radius 2 is 1.87 bits per heavy atom. The van der Waals surface area contributed by atoms with Crippen molar-refractivity contribution in [2.75, 3.05) is 13.7 Å². The standard InChI is InChI=1S/C24H27N3O4/c1-14(2)21(13-28)25-24(30)18-10-12-20-22(23(18)31-4)19(26-27-20)11-7-16-5-8-17(9-6-16)15(3)29/h5-12,14,21,28H,13H2,1-4H3,(H,25,30)(H,26,27)/t21-/m1/s1. The molecule has 0 unspecified atom stereocenters. The van der Waals surface area contributed by atoms with Crippen molar-refractivity contribution < 1.29 is 19.4 Å². The fourth-order valence-corrected chi connectivity index (χ4v) is 3.29. The normalized spacial score (nSPS) is 12.5. The number of rotatable bonds is 8. The third-order valence-corrected chi connectivity index (χ3v) is 5.23. The maximum atomic E-state index is 12.9. The van der Waals surface area contributed by atoms with Crippen LogP contribution in [0.4, 0.5) is 0 Å². The summed E-state index contributed by atoms with van der Waals surface area (Å²) in [6, 6.07) is 10.4. The van der Waals surface area contributed by atoms with Crippen LogP contribution >= 0.6 is 0 Å². The number of Topliss-reactive ketones (excluding diaryl/α,β-unsaturated/α-hetero) is 1. The molecule has 1 aromatic heterocycles. The monoisotopic (exact) mass is 421 g/mol. The molecule has 0 aliphatic rings. The Morgan fingerprint density at radius 1 is 1.16 bits per heavy atom. The number of ketones is 1. The minimum Gasteiger partial charge on any atom is -0.495 e. The van der Waals surface area contributed by atoms with Gasteiger partial charge in [-0.2, -0.15) is 5.10 Å². The summed E-state index contributed by atoms with van der Waals surface area (Å²) in [6.45, 7) is 5.26. The number of aromatic nitrogens is 2. The summed E-state index contributed by atoms with van der Waals surface area (Å²) in [5, 5.41) is 20.4. The van der Waals surface area contributed by atoms with Crippen LogP contribution in [0.2, 0.25) is 0 Å². The molecule has 0 aliphatic heterocycles. The highest BCUT2D eigenvalue weighted by atomic mass is 16.5. The SMILES string of the molecule is COc1c(C(=O)N[C@H](CO)C(C)C)ccc2[nH]nc(C=Cc3ccc(C(C)=O)cc3)c12. The summed E-state index contributed by atoms with van der Waals surface area (Å²) >= 11 is 0. The Morgan fingerprint density at radius 3 is 2.45 bits per heavy atom. The summed E-state index contributed by atoms with van der Waals surface area (Å²) < 4.78 is 5.59. The van der Waals surface area contributed by atoms with Crippen molar-refractivity contribution in [1.29, 1.82) is 0 Å². The molecule has 162 valence electrons. The van der Waals surface area contributed by atoms with Gasteiger partial charge in [0, 0.05) is 5.56 Å². The number of ether oxygens (including phenoxy) is 1. The molecule has 1 atom stereocenters. The van der Waals surface area contributed by atoms with Crippen molar-refractivity contribution >= 4 is 34.7 Å². The van der Waals surface area contributed by atoms with E-state index in [2.05, 4.69) is 15.5 Å². The summed E-state index contributed by atoms with van der Waals surface area (Å²) in [6.07, 6.45) is 3.71. The van der Waals surface area contributed by atoms with E-state index >= 15 is 0 Å². The van der Waals surface area contributed by atoms with E-state index in [0.717, 1.165) is 11.1 Å². The number of benzene rings is 2. The lowest BCUT2D eigenvalue weighted by Crippen LogP contribution is -2.41. The molecule has 0 aliphatic carbocycles. The molecule has 3 aromatic rings. The summed E-state index contributed by atoms with van der Waals surface area (Å²) in [4.78, 5) is 24.3. The highest BCUT2D eigenvalue weighted by molar-refractivity contribution is 6.05. The van der Waals surface area contributed by atoms with Crippen molar-refractivity contribution in [3.05, 3.63) is 58.8 Å². The van der Waals surface area contributed by atoms with Gasteiger partial charge < -0.3 is 15.2 Å². The number of aliphatic hydroxyl groups is 1. The predicted octanol–water partition coefficient (Wildman–Crippen LogP) is 3.69. The molecule has 0 fully saturated rings. The van der Waals surface area contributed by atoms with Crippen molar-refractivity contribution in [1.82, 2.24) is 15.5 Å². The van der Waals surface area contributed by atoms with E-state index in [4.69, 9.17) is 4.74 Å². The van der Waals surface area contributed by atoms with Crippen molar-refractivity contribution in [3.63, 3.8) is 0 Å². The van der Waals surface area contributed by atoms with Crippen LogP contribution in [0.5, 0.6) is 5.75 Å². The van der Waals surface area contributed by atoms with Crippen LogP contribution in [0.15, 0.2) is 36.4 Å². The number of methoxy groups -OCH3 is 1. The Labute approximate surface area is 181 Å². The number of hydrogen-bond acceptors (Lipinski definition) is 5. The number of hydrogen-bond donors (Lipinski definition) is 3. The summed E-state index contributed by atoms with van der Waals surface area (Å²) in [7, 11) is 1.51. The van der Waals surface area contributed by atoms with Crippen LogP contribution < -0.4 is 10.1 Å². The van der Waals surface area contributed by atoms with Gasteiger partial charge in [0.25, 0.3) is 5.91 Å². The van der Waals surface area contributed by atoms with Crippen LogP contribution in [0.25, 0.3) is 23.1 Å². The van der Waals surface area contributed by atoms with Crippen molar-refractivity contribution in [2.24, 2.45) is 5.92 Å². The second-order valence-electron chi connectivity index (χ2n) is 7.70. The van der Waals surface area contributed by atoms with Gasteiger partial charge in [0.1, 0.15) is 5.75 Å². The van der Waals surface area contributed by atoms with Crippen LogP contribution in [0.3, 0.4) is 0 Å². The second kappa shape index (κ2) is 9.57. The zero-order valence-corrected chi connectivity index (χ0v) is 18.1. The van der Waals surface area contributed by atoms with E-state index in [9.17, 15) is 14.7 Å². The Balaban J connectivity index is 1.96. The minimum absolute atomic E-state index is 0.0188. The van der Waals surface area contributed by atoms with Gasteiger partial charge in [-0.05, 0) is 36.6 Å². The van der Waals surface area contributed by atoms with E-state index in [-0.39, 0.29) is 30.3 Å². The molecule has 0 radical (unpaired) electrons. The van der Waals surface area contributed by atoms with Gasteiger partial charge in [0.2, 0.25) is 0 Å². The highest BCUT2D eigenvalue weighted by Crippen LogP contribution is 2.32. The number of aromatic amines is 1. The lowest BCUT2D eigenvalue weighted by atomic mass is 10.0. The van der Waals surface area contributed by atoms with Crippen molar-refractivity contribution in [3.8, 4) is 5.75 Å². The average Bonchev–Trinajstić information content (AvgIpc) is 3.18. The van der Waals surface area contributed by atoms with Crippen LogP contribution in [-0.4, -0.2) is 46.8 Å². The first-order chi connectivity index (χ1) is 14.8. The van der Waals surface area contributed by atoms with E-state index in [1.165, 1.54) is 14.0 Å². The molecule has 0 saturated carbocycles. The smallest absolute Gasteiger partial charge is 0.255 e. The van der Waals surface area contributed by atoms with Crippen molar-refractivity contribution in [2.45, 2.75) is 26.8 Å². The molecule has 0 bridgehead atoms. The van der Waals surface area contributed by atoms with Gasteiger partial charge in [-0.1, -0.05) is 44.2 Å². The molecule has 3 rings (SSSR count). The Bertz CT molecular complexity index is 1110. The van der Waals surface area contributed by atoms with Crippen LogP contribution in [0.1, 0.15) is 52.7 Å². The third kappa shape index (κ3) is 4.83. The molecule has 31 heavy (non-hydrogen) atoms. The number of aliphatic hydroxyl groups excluding tert-OH is 1. The first-order valence-electron chi connectivity index (χ1n) is 10.1. The quantitative estimate of drug-likeness (QED) is 0.481. The maximum Gasteiger partial charge on any atom is 0.255 e. The number of carbonyl (C=O) groups excluding carboxylic acids is 2. The van der Waals surface area contributed by atoms with Gasteiger partial charge in [0.15, 0.2) is 5.78 Å². The first kappa shape index (κ1) is 22.2. The Hall–Kier alpha value is -3.45. The van der Waals surface area contributed by atoms with E-state index in [1.54, 1.807) is 24.3 Å². The molecular formula is C24H27N3O4. The molecule has 0 saturated heterocycles. The first-order valence-corrected chi connectivity index (χ1v) is 10.1. The Kier molecular flexibility index (Phi) is 6.87. The topological polar surface area (TPSA) is 104 Å². The molecule has 1 heterocycles. The lowest BCUT2D eigenvalue weighted by molar-refractivity contribution is 0.0893. The molecule has 7 heteroatoms. The highest BCUT2D eigenvalue weighted by Gasteiger charge is 2.22.